The Morgan fingerprint density at radius 3 is 2.30 bits per heavy atom. The first kappa shape index (κ1) is 25.8. The molecule has 6 rings (SSSR count). The molecule has 2 saturated carbocycles. The van der Waals surface area contributed by atoms with E-state index in [9.17, 15) is 9.90 Å². The van der Waals surface area contributed by atoms with Crippen LogP contribution < -0.4 is 10.2 Å². The maximum absolute atomic E-state index is 13.4. The number of ether oxygens (including phenoxy) is 6. The molecule has 5 atom stereocenters. The Morgan fingerprint density at radius 2 is 1.62 bits per heavy atom. The first-order valence-electron chi connectivity index (χ1n) is 13.2. The minimum Gasteiger partial charge on any atom is -0.504 e. The second-order valence-electron chi connectivity index (χ2n) is 10.5. The predicted octanol–water partition coefficient (Wildman–Crippen LogP) is 3.70. The molecule has 0 radical (unpaired) electrons. The van der Waals surface area contributed by atoms with Crippen molar-refractivity contribution in [3.8, 4) is 11.5 Å². The molecular weight excluding hydrogens is 595 g/mol. The lowest BCUT2D eigenvalue weighted by molar-refractivity contribution is -0.247. The molecule has 2 N–H and O–H groups in total. The Balaban J connectivity index is 1.21. The Kier molecular flexibility index (Phi) is 7.12. The highest BCUT2D eigenvalue weighted by Crippen LogP contribution is 2.51. The second-order valence-corrected chi connectivity index (χ2v) is 11.7. The van der Waals surface area contributed by atoms with E-state index < -0.39 is 48.2 Å². The fraction of sp³-hybridized carbons (Fsp3) is 0.692. The number of hydrogen-bond acceptors (Lipinski definition) is 9. The summed E-state index contributed by atoms with van der Waals surface area (Å²) in [6.45, 7) is 0. The standard InChI is InChI=1S/C26H33IN2O8/c1-32-17-13-15(12-16(27)18(17)30)14-28-29-23(31)21-19-20(35-25(34-19)8-4-2-5-9-25)22-24(33-21)37-26(36-22)10-6-3-7-11-26/h12-14,19-22,24,30H,2-11H2,1H3,(H,29,31)/b28-14+/t19-,20+,21?,22-,24-/m1/s1. The number of halogens is 1. The van der Waals surface area contributed by atoms with Crippen LogP contribution >= 0.6 is 22.6 Å². The van der Waals surface area contributed by atoms with Crippen molar-refractivity contribution in [1.29, 1.82) is 0 Å². The molecule has 1 aromatic rings. The van der Waals surface area contributed by atoms with Gasteiger partial charge in [-0.05, 0) is 66.0 Å². The zero-order chi connectivity index (χ0) is 25.6. The molecule has 1 unspecified atom stereocenters. The van der Waals surface area contributed by atoms with Crippen LogP contribution in [0.3, 0.4) is 0 Å². The van der Waals surface area contributed by atoms with Gasteiger partial charge in [0.25, 0.3) is 5.91 Å². The van der Waals surface area contributed by atoms with E-state index in [-0.39, 0.29) is 5.75 Å². The van der Waals surface area contributed by atoms with Gasteiger partial charge >= 0.3 is 0 Å². The molecule has 3 saturated heterocycles. The van der Waals surface area contributed by atoms with Gasteiger partial charge < -0.3 is 33.5 Å². The SMILES string of the molecule is COc1cc(/C=N/NC(=O)C2O[C@@H]3OC4(CCCCC4)O[C@@H]3[C@H]3OC4(CCCCC4)O[C@@H]23)cc(I)c1O. The molecule has 37 heavy (non-hydrogen) atoms. The van der Waals surface area contributed by atoms with Gasteiger partial charge in [-0.1, -0.05) is 12.8 Å². The fourth-order valence-electron chi connectivity index (χ4n) is 6.23. The van der Waals surface area contributed by atoms with Gasteiger partial charge in [-0.25, -0.2) is 5.43 Å². The number of benzene rings is 1. The number of phenolic OH excluding ortho intramolecular Hbond substituents is 1. The van der Waals surface area contributed by atoms with Crippen LogP contribution in [0.25, 0.3) is 0 Å². The summed E-state index contributed by atoms with van der Waals surface area (Å²) in [7, 11) is 1.48. The number of hydrogen-bond donors (Lipinski definition) is 2. The molecule has 10 nitrogen and oxygen atoms in total. The van der Waals surface area contributed by atoms with E-state index in [0.29, 0.717) is 14.9 Å². The van der Waals surface area contributed by atoms with Gasteiger partial charge in [0.2, 0.25) is 0 Å². The van der Waals surface area contributed by atoms with E-state index in [2.05, 4.69) is 10.5 Å². The number of fused-ring (bicyclic) bond motifs is 3. The summed E-state index contributed by atoms with van der Waals surface area (Å²) in [4.78, 5) is 13.4. The van der Waals surface area contributed by atoms with E-state index in [1.807, 2.05) is 22.6 Å². The van der Waals surface area contributed by atoms with Crippen LogP contribution in [-0.4, -0.2) is 66.6 Å². The Hall–Kier alpha value is -1.51. The summed E-state index contributed by atoms with van der Waals surface area (Å²) in [5.41, 5.74) is 3.26. The van der Waals surface area contributed by atoms with Gasteiger partial charge in [-0.15, -0.1) is 0 Å². The number of nitrogens with one attached hydrogen (secondary N) is 1. The lowest BCUT2D eigenvalue weighted by Crippen LogP contribution is -2.59. The van der Waals surface area contributed by atoms with Crippen molar-refractivity contribution in [3.05, 3.63) is 21.3 Å². The maximum Gasteiger partial charge on any atom is 0.272 e. The second kappa shape index (κ2) is 10.2. The van der Waals surface area contributed by atoms with Crippen molar-refractivity contribution in [2.24, 2.45) is 5.10 Å². The third kappa shape index (κ3) is 4.87. The number of carbonyl (C=O) groups excluding carboxylic acids is 1. The first-order chi connectivity index (χ1) is 17.9. The third-order valence-electron chi connectivity index (χ3n) is 8.03. The van der Waals surface area contributed by atoms with E-state index in [1.54, 1.807) is 12.1 Å². The van der Waals surface area contributed by atoms with Crippen LogP contribution in [0.5, 0.6) is 11.5 Å². The summed E-state index contributed by atoms with van der Waals surface area (Å²) in [5.74, 6) is -1.44. The van der Waals surface area contributed by atoms with Gasteiger partial charge in [0.15, 0.2) is 35.5 Å². The first-order valence-corrected chi connectivity index (χ1v) is 14.2. The molecule has 0 bridgehead atoms. The van der Waals surface area contributed by atoms with E-state index in [4.69, 9.17) is 28.4 Å². The van der Waals surface area contributed by atoms with Crippen LogP contribution in [0.4, 0.5) is 0 Å². The van der Waals surface area contributed by atoms with Crippen molar-refractivity contribution < 1.29 is 38.3 Å². The van der Waals surface area contributed by atoms with Gasteiger partial charge in [-0.2, -0.15) is 5.10 Å². The Labute approximate surface area is 229 Å². The van der Waals surface area contributed by atoms with Crippen molar-refractivity contribution in [2.75, 3.05) is 7.11 Å². The molecule has 1 aromatic carbocycles. The summed E-state index contributed by atoms with van der Waals surface area (Å²) < 4.78 is 38.0. The lowest BCUT2D eigenvalue weighted by atomic mass is 9.94. The van der Waals surface area contributed by atoms with E-state index >= 15 is 0 Å². The normalized spacial score (nSPS) is 33.9. The van der Waals surface area contributed by atoms with Gasteiger partial charge in [0.05, 0.1) is 16.9 Å². The average molecular weight is 628 g/mol. The molecule has 2 spiro atoms. The molecule has 3 aliphatic heterocycles. The van der Waals surface area contributed by atoms with E-state index in [1.165, 1.54) is 13.3 Å². The van der Waals surface area contributed by atoms with Crippen LogP contribution in [0, 0.1) is 3.57 Å². The van der Waals surface area contributed by atoms with Gasteiger partial charge in [0.1, 0.15) is 18.3 Å². The number of carbonyl (C=O) groups is 1. The maximum atomic E-state index is 13.4. The number of aromatic hydroxyl groups is 1. The molecule has 0 aromatic heterocycles. The monoisotopic (exact) mass is 628 g/mol. The fourth-order valence-corrected chi connectivity index (χ4v) is 6.85. The Morgan fingerprint density at radius 1 is 1.00 bits per heavy atom. The number of methoxy groups -OCH3 is 1. The molecular formula is C26H33IN2O8. The summed E-state index contributed by atoms with van der Waals surface area (Å²) in [5, 5.41) is 14.2. The minimum atomic E-state index is -0.957. The summed E-state index contributed by atoms with van der Waals surface area (Å²) in [6.07, 6.45) is 7.93. The zero-order valence-corrected chi connectivity index (χ0v) is 23.0. The highest BCUT2D eigenvalue weighted by atomic mass is 127. The predicted molar refractivity (Wildman–Crippen MR) is 139 cm³/mol. The molecule has 11 heteroatoms. The van der Waals surface area contributed by atoms with Crippen molar-refractivity contribution in [2.45, 2.75) is 106 Å². The van der Waals surface area contributed by atoms with Crippen LogP contribution in [-0.2, 0) is 28.5 Å². The summed E-state index contributed by atoms with van der Waals surface area (Å²) in [6, 6.07) is 3.37. The molecule has 202 valence electrons. The van der Waals surface area contributed by atoms with Crippen LogP contribution in [0.1, 0.15) is 69.8 Å². The molecule has 5 aliphatic rings. The van der Waals surface area contributed by atoms with Crippen molar-refractivity contribution >= 4 is 34.7 Å². The topological polar surface area (TPSA) is 117 Å². The highest BCUT2D eigenvalue weighted by molar-refractivity contribution is 14.1. The quantitative estimate of drug-likeness (QED) is 0.295. The number of rotatable bonds is 4. The number of hydrazone groups is 1. The van der Waals surface area contributed by atoms with Crippen LogP contribution in [0.2, 0.25) is 0 Å². The molecule has 2 aliphatic carbocycles. The third-order valence-corrected chi connectivity index (χ3v) is 8.85. The van der Waals surface area contributed by atoms with Crippen molar-refractivity contribution in [1.82, 2.24) is 5.43 Å². The minimum absolute atomic E-state index is 0.0602. The smallest absolute Gasteiger partial charge is 0.272 e. The summed E-state index contributed by atoms with van der Waals surface area (Å²) >= 11 is 2.01. The molecule has 5 fully saturated rings. The van der Waals surface area contributed by atoms with Gasteiger partial charge in [0, 0.05) is 25.7 Å². The zero-order valence-electron chi connectivity index (χ0n) is 20.8. The lowest BCUT2D eigenvalue weighted by Gasteiger charge is -2.36. The average Bonchev–Trinajstić information content (AvgIpc) is 3.44. The number of amides is 1. The molecule has 1 amide bonds. The largest absolute Gasteiger partial charge is 0.504 e. The Bertz CT molecular complexity index is 1060. The molecule has 3 heterocycles. The van der Waals surface area contributed by atoms with Crippen molar-refractivity contribution in [3.63, 3.8) is 0 Å². The number of nitrogens with zero attached hydrogens (tertiary/aromatic N) is 1. The van der Waals surface area contributed by atoms with E-state index in [0.717, 1.165) is 64.2 Å². The number of phenols is 1. The highest BCUT2D eigenvalue weighted by Gasteiger charge is 2.65. The van der Waals surface area contributed by atoms with Gasteiger partial charge in [-0.3, -0.25) is 4.79 Å². The van der Waals surface area contributed by atoms with Crippen LogP contribution in [0.15, 0.2) is 17.2 Å².